The molecule has 1 rings (SSSR count). The molecule has 0 amide bonds. The molecule has 0 radical (unpaired) electrons. The number of hydrogen-bond donors (Lipinski definition) is 1. The first kappa shape index (κ1) is 11.3. The second-order valence-electron chi connectivity index (χ2n) is 3.81. The molecule has 0 heterocycles. The second kappa shape index (κ2) is 6.61. The summed E-state index contributed by atoms with van der Waals surface area (Å²) in [6, 6.07) is 0. The topological polar surface area (TPSA) is 12.0 Å². The highest BCUT2D eigenvalue weighted by Crippen LogP contribution is 2.17. The zero-order valence-electron chi connectivity index (χ0n) is 9.34. The molecule has 0 aromatic carbocycles. The Labute approximate surface area is 87.6 Å². The van der Waals surface area contributed by atoms with Gasteiger partial charge in [-0.1, -0.05) is 29.9 Å². The van der Waals surface area contributed by atoms with Crippen molar-refractivity contribution >= 4 is 0 Å². The number of rotatable bonds is 3. The molecule has 0 atom stereocenters. The molecule has 0 fully saturated rings. The van der Waals surface area contributed by atoms with Gasteiger partial charge in [-0.05, 0) is 51.8 Å². The van der Waals surface area contributed by atoms with Crippen LogP contribution in [-0.2, 0) is 0 Å². The molecule has 0 unspecified atom stereocenters. The van der Waals surface area contributed by atoms with Gasteiger partial charge in [0, 0.05) is 0 Å². The smallest absolute Gasteiger partial charge is 0.00145 e. The monoisotopic (exact) mass is 191 g/mol. The van der Waals surface area contributed by atoms with E-state index in [1.165, 1.54) is 30.4 Å². The molecule has 1 aliphatic carbocycles. The van der Waals surface area contributed by atoms with Gasteiger partial charge in [0.05, 0.1) is 0 Å². The summed E-state index contributed by atoms with van der Waals surface area (Å²) < 4.78 is 0. The van der Waals surface area contributed by atoms with Gasteiger partial charge in [-0.2, -0.15) is 0 Å². The van der Waals surface area contributed by atoms with Gasteiger partial charge in [-0.3, -0.25) is 0 Å². The molecule has 1 nitrogen and oxygen atoms in total. The lowest BCUT2D eigenvalue weighted by Gasteiger charge is -2.09. The maximum atomic E-state index is 3.19. The lowest BCUT2D eigenvalue weighted by Crippen LogP contribution is -2.08. The van der Waals surface area contributed by atoms with Crippen molar-refractivity contribution in [3.05, 3.63) is 35.5 Å². The van der Waals surface area contributed by atoms with Crippen molar-refractivity contribution in [2.24, 2.45) is 0 Å². The van der Waals surface area contributed by atoms with Crippen molar-refractivity contribution in [1.29, 1.82) is 0 Å². The predicted molar refractivity (Wildman–Crippen MR) is 63.4 cm³/mol. The van der Waals surface area contributed by atoms with E-state index < -0.39 is 0 Å². The molecule has 1 aliphatic rings. The van der Waals surface area contributed by atoms with Gasteiger partial charge in [0.2, 0.25) is 0 Å². The SMILES string of the molecule is CNCC/C(C)=C1\C=C/C/C=C\CC1. The van der Waals surface area contributed by atoms with E-state index in [-0.39, 0.29) is 0 Å². The third kappa shape index (κ3) is 3.93. The van der Waals surface area contributed by atoms with E-state index in [9.17, 15) is 0 Å². The zero-order valence-corrected chi connectivity index (χ0v) is 9.34. The van der Waals surface area contributed by atoms with Crippen molar-refractivity contribution < 1.29 is 0 Å². The second-order valence-corrected chi connectivity index (χ2v) is 3.81. The maximum absolute atomic E-state index is 3.19. The minimum absolute atomic E-state index is 1.08. The highest BCUT2D eigenvalue weighted by atomic mass is 14.8. The summed E-state index contributed by atoms with van der Waals surface area (Å²) in [5.74, 6) is 0. The number of hydrogen-bond acceptors (Lipinski definition) is 1. The standard InChI is InChI=1S/C13H21N/c1-12(10-11-14-2)13-8-6-4-3-5-7-9-13/h3-4,7,9,14H,5-6,8,10-11H2,1-2H3/b4-3-,9-7-,13-12-. The van der Waals surface area contributed by atoms with E-state index in [0.29, 0.717) is 0 Å². The maximum Gasteiger partial charge on any atom is -0.00145 e. The van der Waals surface area contributed by atoms with Crippen LogP contribution in [0, 0.1) is 0 Å². The fourth-order valence-electron chi connectivity index (χ4n) is 1.65. The molecule has 0 aromatic heterocycles. The van der Waals surface area contributed by atoms with Gasteiger partial charge in [-0.15, -0.1) is 0 Å². The normalized spacial score (nSPS) is 25.0. The van der Waals surface area contributed by atoms with Crippen LogP contribution in [0.5, 0.6) is 0 Å². The lowest BCUT2D eigenvalue weighted by atomic mass is 9.99. The molecule has 0 bridgehead atoms. The minimum Gasteiger partial charge on any atom is -0.319 e. The number of allylic oxidation sites excluding steroid dienone is 5. The molecule has 0 aliphatic heterocycles. The summed E-state index contributed by atoms with van der Waals surface area (Å²) in [5, 5.41) is 3.19. The van der Waals surface area contributed by atoms with E-state index in [1.807, 2.05) is 7.05 Å². The van der Waals surface area contributed by atoms with E-state index in [1.54, 1.807) is 0 Å². The summed E-state index contributed by atoms with van der Waals surface area (Å²) in [5.41, 5.74) is 3.07. The van der Waals surface area contributed by atoms with Crippen LogP contribution in [0.2, 0.25) is 0 Å². The molecule has 14 heavy (non-hydrogen) atoms. The molecule has 0 saturated heterocycles. The van der Waals surface area contributed by atoms with Crippen molar-refractivity contribution in [1.82, 2.24) is 5.32 Å². The Morgan fingerprint density at radius 3 is 3.00 bits per heavy atom. The van der Waals surface area contributed by atoms with E-state index in [2.05, 4.69) is 36.5 Å². The molecular formula is C13H21N. The Hall–Kier alpha value is -0.820. The van der Waals surface area contributed by atoms with Crippen LogP contribution in [-0.4, -0.2) is 13.6 Å². The summed E-state index contributed by atoms with van der Waals surface area (Å²) in [6.07, 6.45) is 13.7. The zero-order chi connectivity index (χ0) is 10.2. The fraction of sp³-hybridized carbons (Fsp3) is 0.538. The molecule has 0 spiro atoms. The van der Waals surface area contributed by atoms with Gasteiger partial charge in [-0.25, -0.2) is 0 Å². The third-order valence-electron chi connectivity index (χ3n) is 2.64. The summed E-state index contributed by atoms with van der Waals surface area (Å²) >= 11 is 0. The highest BCUT2D eigenvalue weighted by molar-refractivity contribution is 5.26. The van der Waals surface area contributed by atoms with Crippen LogP contribution < -0.4 is 5.32 Å². The van der Waals surface area contributed by atoms with Gasteiger partial charge >= 0.3 is 0 Å². The first-order valence-corrected chi connectivity index (χ1v) is 5.49. The molecular weight excluding hydrogens is 170 g/mol. The van der Waals surface area contributed by atoms with Gasteiger partial charge < -0.3 is 5.32 Å². The van der Waals surface area contributed by atoms with Crippen LogP contribution in [0.1, 0.15) is 32.6 Å². The third-order valence-corrected chi connectivity index (χ3v) is 2.64. The fourth-order valence-corrected chi connectivity index (χ4v) is 1.65. The predicted octanol–water partition coefficient (Wildman–Crippen LogP) is 3.21. The van der Waals surface area contributed by atoms with Crippen LogP contribution in [0.3, 0.4) is 0 Å². The van der Waals surface area contributed by atoms with Crippen LogP contribution in [0.4, 0.5) is 0 Å². The van der Waals surface area contributed by atoms with E-state index >= 15 is 0 Å². The van der Waals surface area contributed by atoms with Gasteiger partial charge in [0.15, 0.2) is 0 Å². The summed E-state index contributed by atoms with van der Waals surface area (Å²) in [6.45, 7) is 3.33. The van der Waals surface area contributed by atoms with Gasteiger partial charge in [0.25, 0.3) is 0 Å². The van der Waals surface area contributed by atoms with E-state index in [4.69, 9.17) is 0 Å². The Kier molecular flexibility index (Phi) is 5.31. The highest BCUT2D eigenvalue weighted by Gasteiger charge is 1.99. The molecule has 78 valence electrons. The van der Waals surface area contributed by atoms with Crippen molar-refractivity contribution in [3.8, 4) is 0 Å². The molecule has 0 aromatic rings. The Morgan fingerprint density at radius 1 is 1.36 bits per heavy atom. The van der Waals surface area contributed by atoms with Gasteiger partial charge in [0.1, 0.15) is 0 Å². The van der Waals surface area contributed by atoms with E-state index in [0.717, 1.165) is 13.0 Å². The molecule has 1 N–H and O–H groups in total. The lowest BCUT2D eigenvalue weighted by molar-refractivity contribution is 0.775. The van der Waals surface area contributed by atoms with Crippen LogP contribution in [0.25, 0.3) is 0 Å². The number of nitrogens with one attached hydrogen (secondary N) is 1. The molecule has 0 saturated carbocycles. The van der Waals surface area contributed by atoms with Crippen LogP contribution in [0.15, 0.2) is 35.5 Å². The van der Waals surface area contributed by atoms with Crippen molar-refractivity contribution in [3.63, 3.8) is 0 Å². The van der Waals surface area contributed by atoms with Crippen molar-refractivity contribution in [2.75, 3.05) is 13.6 Å². The first-order valence-electron chi connectivity index (χ1n) is 5.49. The summed E-state index contributed by atoms with van der Waals surface area (Å²) in [4.78, 5) is 0. The molecule has 1 heteroatoms. The summed E-state index contributed by atoms with van der Waals surface area (Å²) in [7, 11) is 2.01. The quantitative estimate of drug-likeness (QED) is 0.675. The average molecular weight is 191 g/mol. The van der Waals surface area contributed by atoms with Crippen molar-refractivity contribution in [2.45, 2.75) is 32.6 Å². The largest absolute Gasteiger partial charge is 0.319 e. The van der Waals surface area contributed by atoms with Crippen LogP contribution >= 0.6 is 0 Å². The Bertz CT molecular complexity index is 246. The first-order chi connectivity index (χ1) is 6.84. The Balaban J connectivity index is 2.58. The average Bonchev–Trinajstić information content (AvgIpc) is 2.13. The minimum atomic E-state index is 1.08. The Morgan fingerprint density at radius 2 is 2.21 bits per heavy atom.